The standard InChI is InChI=1S/C17H20N6O2S/c1-3-11-8-15(24)23-14(18-11)9-12(20-23)13-6-4-5-7-22(13)17(25)16-10(2)19-21-26-16/h8-9,13,20H,3-7H2,1-2H3. The predicted octanol–water partition coefficient (Wildman–Crippen LogP) is 2.11. The van der Waals surface area contributed by atoms with Gasteiger partial charge in [0.25, 0.3) is 11.5 Å². The molecule has 3 aromatic rings. The van der Waals surface area contributed by atoms with Gasteiger partial charge in [-0.05, 0) is 44.1 Å². The lowest BCUT2D eigenvalue weighted by Crippen LogP contribution is -2.38. The van der Waals surface area contributed by atoms with E-state index in [9.17, 15) is 9.59 Å². The van der Waals surface area contributed by atoms with Crippen LogP contribution in [-0.2, 0) is 6.42 Å². The van der Waals surface area contributed by atoms with Gasteiger partial charge in [-0.1, -0.05) is 11.4 Å². The van der Waals surface area contributed by atoms with Gasteiger partial charge >= 0.3 is 0 Å². The molecular formula is C17H20N6O2S. The number of likely N-dealkylation sites (tertiary alicyclic amines) is 1. The Hall–Kier alpha value is -2.55. The maximum atomic E-state index is 13.0. The van der Waals surface area contributed by atoms with Gasteiger partial charge in [0.1, 0.15) is 4.88 Å². The van der Waals surface area contributed by atoms with E-state index >= 15 is 0 Å². The zero-order valence-corrected chi connectivity index (χ0v) is 15.5. The molecule has 0 radical (unpaired) electrons. The number of nitrogens with one attached hydrogen (secondary N) is 1. The minimum absolute atomic E-state index is 0.0459. The first-order chi connectivity index (χ1) is 12.6. The maximum Gasteiger partial charge on any atom is 0.272 e. The van der Waals surface area contributed by atoms with Crippen LogP contribution in [0, 0.1) is 6.92 Å². The molecule has 136 valence electrons. The van der Waals surface area contributed by atoms with E-state index in [0.717, 1.165) is 42.2 Å². The van der Waals surface area contributed by atoms with Crippen molar-refractivity contribution in [2.45, 2.75) is 45.6 Å². The molecule has 1 fully saturated rings. The third-order valence-electron chi connectivity index (χ3n) is 4.85. The molecule has 0 aliphatic carbocycles. The average molecular weight is 372 g/mol. The second-order valence-corrected chi connectivity index (χ2v) is 7.30. The Kier molecular flexibility index (Phi) is 4.31. The highest BCUT2D eigenvalue weighted by Crippen LogP contribution is 2.32. The highest BCUT2D eigenvalue weighted by atomic mass is 32.1. The molecule has 8 nitrogen and oxygen atoms in total. The Morgan fingerprint density at radius 3 is 2.96 bits per heavy atom. The molecule has 1 aliphatic rings. The van der Waals surface area contributed by atoms with E-state index in [2.05, 4.69) is 19.7 Å². The molecule has 0 bridgehead atoms. The number of piperidine rings is 1. The number of hydrogen-bond acceptors (Lipinski definition) is 6. The Morgan fingerprint density at radius 2 is 2.23 bits per heavy atom. The molecule has 1 amide bonds. The lowest BCUT2D eigenvalue weighted by Gasteiger charge is -2.34. The molecule has 1 atom stereocenters. The van der Waals surface area contributed by atoms with Gasteiger partial charge in [-0.2, -0.15) is 0 Å². The van der Waals surface area contributed by atoms with Crippen LogP contribution in [0.25, 0.3) is 5.65 Å². The van der Waals surface area contributed by atoms with E-state index < -0.39 is 0 Å². The number of nitrogens with zero attached hydrogens (tertiary/aromatic N) is 5. The lowest BCUT2D eigenvalue weighted by atomic mass is 9.99. The molecule has 3 aromatic heterocycles. The summed E-state index contributed by atoms with van der Waals surface area (Å²) in [6, 6.07) is 3.32. The van der Waals surface area contributed by atoms with Crippen molar-refractivity contribution in [3.8, 4) is 0 Å². The first-order valence-corrected chi connectivity index (χ1v) is 9.57. The second-order valence-electron chi connectivity index (χ2n) is 6.54. The molecule has 26 heavy (non-hydrogen) atoms. The van der Waals surface area contributed by atoms with E-state index in [4.69, 9.17) is 0 Å². The summed E-state index contributed by atoms with van der Waals surface area (Å²) in [5.41, 5.74) is 2.73. The van der Waals surface area contributed by atoms with Crippen LogP contribution >= 0.6 is 11.5 Å². The fourth-order valence-electron chi connectivity index (χ4n) is 3.47. The first-order valence-electron chi connectivity index (χ1n) is 8.80. The van der Waals surface area contributed by atoms with Crippen LogP contribution in [0.3, 0.4) is 0 Å². The molecule has 1 saturated heterocycles. The molecule has 9 heteroatoms. The number of H-pyrrole nitrogens is 1. The monoisotopic (exact) mass is 372 g/mol. The molecule has 0 aromatic carbocycles. The van der Waals surface area contributed by atoms with E-state index in [1.54, 1.807) is 13.0 Å². The predicted molar refractivity (Wildman–Crippen MR) is 97.5 cm³/mol. The number of carbonyl (C=O) groups is 1. The lowest BCUT2D eigenvalue weighted by molar-refractivity contribution is 0.0610. The quantitative estimate of drug-likeness (QED) is 0.760. The Bertz CT molecular complexity index is 1020. The number of aromatic amines is 1. The summed E-state index contributed by atoms with van der Waals surface area (Å²) in [4.78, 5) is 32.3. The molecule has 1 aliphatic heterocycles. The third-order valence-corrected chi connectivity index (χ3v) is 5.67. The van der Waals surface area contributed by atoms with Gasteiger partial charge in [0.15, 0.2) is 5.65 Å². The van der Waals surface area contributed by atoms with E-state index in [1.807, 2.05) is 17.9 Å². The topological polar surface area (TPSA) is 96.2 Å². The minimum Gasteiger partial charge on any atom is -0.329 e. The van der Waals surface area contributed by atoms with Crippen LogP contribution in [0.1, 0.15) is 59.0 Å². The number of carbonyl (C=O) groups excluding carboxylic acids is 1. The van der Waals surface area contributed by atoms with Crippen LogP contribution in [0.15, 0.2) is 16.9 Å². The van der Waals surface area contributed by atoms with Crippen molar-refractivity contribution in [1.29, 1.82) is 0 Å². The van der Waals surface area contributed by atoms with Crippen molar-refractivity contribution in [2.24, 2.45) is 0 Å². The zero-order valence-electron chi connectivity index (χ0n) is 14.7. The summed E-state index contributed by atoms with van der Waals surface area (Å²) in [6.45, 7) is 4.45. The minimum atomic E-state index is -0.130. The highest BCUT2D eigenvalue weighted by Gasteiger charge is 2.32. The molecule has 4 rings (SSSR count). The van der Waals surface area contributed by atoms with Crippen molar-refractivity contribution in [1.82, 2.24) is 29.1 Å². The van der Waals surface area contributed by atoms with Crippen LogP contribution in [-0.4, -0.2) is 41.5 Å². The van der Waals surface area contributed by atoms with Gasteiger partial charge in [-0.3, -0.25) is 14.7 Å². The van der Waals surface area contributed by atoms with Crippen molar-refractivity contribution < 1.29 is 4.79 Å². The van der Waals surface area contributed by atoms with Crippen molar-refractivity contribution in [3.63, 3.8) is 0 Å². The van der Waals surface area contributed by atoms with Gasteiger partial charge in [0, 0.05) is 24.4 Å². The van der Waals surface area contributed by atoms with E-state index in [0.29, 0.717) is 29.2 Å². The van der Waals surface area contributed by atoms with Gasteiger partial charge in [0.05, 0.1) is 17.4 Å². The average Bonchev–Trinajstić information content (AvgIpc) is 3.27. The fourth-order valence-corrected chi connectivity index (χ4v) is 4.08. The van der Waals surface area contributed by atoms with Crippen molar-refractivity contribution >= 4 is 23.1 Å². The summed E-state index contributed by atoms with van der Waals surface area (Å²) in [6.07, 6.45) is 3.55. The smallest absolute Gasteiger partial charge is 0.272 e. The van der Waals surface area contributed by atoms with Gasteiger partial charge in [-0.15, -0.1) is 5.10 Å². The summed E-state index contributed by atoms with van der Waals surface area (Å²) < 4.78 is 5.33. The maximum absolute atomic E-state index is 13.0. The number of hydrogen-bond donors (Lipinski definition) is 1. The van der Waals surface area contributed by atoms with Crippen molar-refractivity contribution in [2.75, 3.05) is 6.54 Å². The largest absolute Gasteiger partial charge is 0.329 e. The van der Waals surface area contributed by atoms with Crippen LogP contribution in [0.5, 0.6) is 0 Å². The van der Waals surface area contributed by atoms with Crippen molar-refractivity contribution in [3.05, 3.63) is 44.4 Å². The fraction of sp³-hybridized carbons (Fsp3) is 0.471. The summed E-state index contributed by atoms with van der Waals surface area (Å²) in [5, 5.41) is 7.10. The molecule has 4 heterocycles. The van der Waals surface area contributed by atoms with Crippen LogP contribution < -0.4 is 5.56 Å². The molecule has 1 unspecified atom stereocenters. The third kappa shape index (κ3) is 2.82. The van der Waals surface area contributed by atoms with Crippen LogP contribution in [0.4, 0.5) is 0 Å². The first kappa shape index (κ1) is 16.9. The Morgan fingerprint density at radius 1 is 1.38 bits per heavy atom. The van der Waals surface area contributed by atoms with Gasteiger partial charge in [0.2, 0.25) is 0 Å². The SMILES string of the molecule is CCc1cc(=O)n2[nH]c(C3CCCCN3C(=O)c3snnc3C)cc2n1. The number of aryl methyl sites for hydroxylation is 2. The molecular weight excluding hydrogens is 352 g/mol. The molecule has 0 spiro atoms. The highest BCUT2D eigenvalue weighted by molar-refractivity contribution is 7.07. The molecule has 1 N–H and O–H groups in total. The van der Waals surface area contributed by atoms with Gasteiger partial charge in [-0.25, -0.2) is 9.50 Å². The zero-order chi connectivity index (χ0) is 18.3. The number of rotatable bonds is 3. The Balaban J connectivity index is 1.73. The number of aromatic nitrogens is 5. The Labute approximate surface area is 154 Å². The van der Waals surface area contributed by atoms with Gasteiger partial charge < -0.3 is 4.90 Å². The summed E-state index contributed by atoms with van der Waals surface area (Å²) in [5.74, 6) is -0.0459. The normalized spacial score (nSPS) is 17.8. The number of amides is 1. The number of fused-ring (bicyclic) bond motifs is 1. The van der Waals surface area contributed by atoms with Crippen LogP contribution in [0.2, 0.25) is 0 Å². The summed E-state index contributed by atoms with van der Waals surface area (Å²) in [7, 11) is 0. The van der Waals surface area contributed by atoms with E-state index in [-0.39, 0.29) is 17.5 Å². The molecule has 0 saturated carbocycles. The van der Waals surface area contributed by atoms with E-state index in [1.165, 1.54) is 4.52 Å². The summed E-state index contributed by atoms with van der Waals surface area (Å²) >= 11 is 1.13. The second kappa shape index (κ2) is 6.64.